The minimum Gasteiger partial charge on any atom is -0.241 e. The van der Waals surface area contributed by atoms with Crippen LogP contribution >= 0.6 is 11.6 Å². The van der Waals surface area contributed by atoms with E-state index in [9.17, 15) is 0 Å². The average molecular weight is 213 g/mol. The van der Waals surface area contributed by atoms with Crippen molar-refractivity contribution in [3.8, 4) is 0 Å². The summed E-state index contributed by atoms with van der Waals surface area (Å²) in [5.74, 6) is 0.483. The summed E-state index contributed by atoms with van der Waals surface area (Å²) < 4.78 is 0. The molecular formula is C11H17ClN2. The molecule has 1 rings (SSSR count). The van der Waals surface area contributed by atoms with Crippen LogP contribution in [0.25, 0.3) is 0 Å². The van der Waals surface area contributed by atoms with Crippen LogP contribution in [0.4, 0.5) is 0 Å². The quantitative estimate of drug-likeness (QED) is 0.718. The molecule has 78 valence electrons. The van der Waals surface area contributed by atoms with E-state index in [1.165, 1.54) is 0 Å². The van der Waals surface area contributed by atoms with Crippen molar-refractivity contribution in [1.82, 2.24) is 9.97 Å². The summed E-state index contributed by atoms with van der Waals surface area (Å²) in [6.45, 7) is 6.34. The highest BCUT2D eigenvalue weighted by Gasteiger charge is 2.11. The molecule has 0 aliphatic rings. The normalized spacial score (nSPS) is 13.2. The molecule has 0 aromatic carbocycles. The molecule has 14 heavy (non-hydrogen) atoms. The number of aryl methyl sites for hydroxylation is 1. The molecule has 1 atom stereocenters. The zero-order chi connectivity index (χ0) is 10.6. The van der Waals surface area contributed by atoms with E-state index in [0.717, 1.165) is 24.2 Å². The first-order chi connectivity index (χ1) is 6.63. The molecule has 0 bridgehead atoms. The number of rotatable bonds is 4. The van der Waals surface area contributed by atoms with Gasteiger partial charge in [0.25, 0.3) is 0 Å². The molecule has 0 saturated heterocycles. The van der Waals surface area contributed by atoms with Crippen molar-refractivity contribution in [3.63, 3.8) is 0 Å². The lowest BCUT2D eigenvalue weighted by molar-refractivity contribution is 0.590. The van der Waals surface area contributed by atoms with Crippen LogP contribution in [0, 0.1) is 5.92 Å². The van der Waals surface area contributed by atoms with Gasteiger partial charge in [0.15, 0.2) is 0 Å². The monoisotopic (exact) mass is 212 g/mol. The van der Waals surface area contributed by atoms with E-state index in [0.29, 0.717) is 5.92 Å². The second kappa shape index (κ2) is 5.30. The van der Waals surface area contributed by atoms with Crippen LogP contribution in [0.15, 0.2) is 12.4 Å². The lowest BCUT2D eigenvalue weighted by Gasteiger charge is -2.12. The van der Waals surface area contributed by atoms with E-state index >= 15 is 0 Å². The van der Waals surface area contributed by atoms with Crippen LogP contribution in [0.5, 0.6) is 0 Å². The molecule has 0 aliphatic heterocycles. The van der Waals surface area contributed by atoms with Gasteiger partial charge in [-0.25, -0.2) is 9.97 Å². The Morgan fingerprint density at radius 3 is 2.50 bits per heavy atom. The summed E-state index contributed by atoms with van der Waals surface area (Å²) in [5, 5.41) is 0.162. The molecule has 0 N–H and O–H groups in total. The molecule has 2 nitrogen and oxygen atoms in total. The second-order valence-corrected chi connectivity index (χ2v) is 4.38. The second-order valence-electron chi connectivity index (χ2n) is 3.82. The summed E-state index contributed by atoms with van der Waals surface area (Å²) in [5.41, 5.74) is 2.13. The zero-order valence-corrected chi connectivity index (χ0v) is 9.75. The molecule has 1 aromatic rings. The summed E-state index contributed by atoms with van der Waals surface area (Å²) in [6.07, 6.45) is 3.40. The van der Waals surface area contributed by atoms with Crippen molar-refractivity contribution in [1.29, 1.82) is 0 Å². The lowest BCUT2D eigenvalue weighted by atomic mass is 10.1. The van der Waals surface area contributed by atoms with E-state index in [1.54, 1.807) is 6.33 Å². The number of aromatic nitrogens is 2. The predicted octanol–water partition coefficient (Wildman–Crippen LogP) is 2.84. The number of halogens is 1. The minimum absolute atomic E-state index is 0.162. The van der Waals surface area contributed by atoms with Crippen molar-refractivity contribution in [3.05, 3.63) is 23.8 Å². The molecule has 1 unspecified atom stereocenters. The predicted molar refractivity (Wildman–Crippen MR) is 59.6 cm³/mol. The Balaban J connectivity index is 2.66. The summed E-state index contributed by atoms with van der Waals surface area (Å²) in [7, 11) is 0. The zero-order valence-electron chi connectivity index (χ0n) is 9.00. The summed E-state index contributed by atoms with van der Waals surface area (Å²) in [6, 6.07) is 2.04. The Morgan fingerprint density at radius 2 is 1.93 bits per heavy atom. The fourth-order valence-electron chi connectivity index (χ4n) is 1.18. The van der Waals surface area contributed by atoms with Gasteiger partial charge in [0.2, 0.25) is 0 Å². The molecule has 0 aliphatic carbocycles. The van der Waals surface area contributed by atoms with E-state index in [4.69, 9.17) is 11.6 Å². The van der Waals surface area contributed by atoms with Gasteiger partial charge in [0.05, 0.1) is 0 Å². The van der Waals surface area contributed by atoms with E-state index in [1.807, 2.05) is 6.07 Å². The molecule has 0 spiro atoms. The third-order valence-corrected chi connectivity index (χ3v) is 2.93. The Kier molecular flexibility index (Phi) is 4.33. The lowest BCUT2D eigenvalue weighted by Crippen LogP contribution is -2.12. The molecule has 0 fully saturated rings. The van der Waals surface area contributed by atoms with Gasteiger partial charge in [0, 0.05) is 23.2 Å². The minimum atomic E-state index is 0.162. The third-order valence-electron chi connectivity index (χ3n) is 2.27. The van der Waals surface area contributed by atoms with Crippen LogP contribution < -0.4 is 0 Å². The van der Waals surface area contributed by atoms with E-state index in [2.05, 4.69) is 30.7 Å². The maximum absolute atomic E-state index is 6.19. The first-order valence-electron chi connectivity index (χ1n) is 5.07. The van der Waals surface area contributed by atoms with Gasteiger partial charge in [-0.3, -0.25) is 0 Å². The Labute approximate surface area is 90.7 Å². The van der Waals surface area contributed by atoms with Crippen molar-refractivity contribution >= 4 is 11.6 Å². The maximum Gasteiger partial charge on any atom is 0.115 e. The molecular weight excluding hydrogens is 196 g/mol. The highest BCUT2D eigenvalue weighted by molar-refractivity contribution is 6.20. The van der Waals surface area contributed by atoms with Gasteiger partial charge in [-0.05, 0) is 18.4 Å². The van der Waals surface area contributed by atoms with E-state index in [-0.39, 0.29) is 5.38 Å². The molecule has 3 heteroatoms. The van der Waals surface area contributed by atoms with Crippen LogP contribution in [0.1, 0.15) is 32.2 Å². The van der Waals surface area contributed by atoms with Gasteiger partial charge in [-0.1, -0.05) is 20.8 Å². The van der Waals surface area contributed by atoms with Crippen molar-refractivity contribution in [2.24, 2.45) is 5.92 Å². The SMILES string of the molecule is CCc1cc(CC(Cl)C(C)C)ncn1. The average Bonchev–Trinajstić information content (AvgIpc) is 2.18. The Morgan fingerprint density at radius 1 is 1.29 bits per heavy atom. The van der Waals surface area contributed by atoms with Gasteiger partial charge in [-0.15, -0.1) is 11.6 Å². The van der Waals surface area contributed by atoms with Gasteiger partial charge in [0.1, 0.15) is 6.33 Å². The van der Waals surface area contributed by atoms with Crippen LogP contribution in [-0.4, -0.2) is 15.3 Å². The fourth-order valence-corrected chi connectivity index (χ4v) is 1.34. The van der Waals surface area contributed by atoms with Crippen LogP contribution in [-0.2, 0) is 12.8 Å². The molecule has 0 radical (unpaired) electrons. The van der Waals surface area contributed by atoms with Gasteiger partial charge >= 0.3 is 0 Å². The van der Waals surface area contributed by atoms with Crippen molar-refractivity contribution in [2.75, 3.05) is 0 Å². The first kappa shape index (κ1) is 11.4. The highest BCUT2D eigenvalue weighted by Crippen LogP contribution is 2.14. The first-order valence-corrected chi connectivity index (χ1v) is 5.51. The molecule has 0 amide bonds. The number of hydrogen-bond donors (Lipinski definition) is 0. The Bertz CT molecular complexity index is 286. The molecule has 0 saturated carbocycles. The molecule has 1 heterocycles. The fraction of sp³-hybridized carbons (Fsp3) is 0.636. The summed E-state index contributed by atoms with van der Waals surface area (Å²) >= 11 is 6.19. The smallest absolute Gasteiger partial charge is 0.115 e. The largest absolute Gasteiger partial charge is 0.241 e. The molecule has 1 aromatic heterocycles. The number of hydrogen-bond acceptors (Lipinski definition) is 2. The third kappa shape index (κ3) is 3.26. The van der Waals surface area contributed by atoms with E-state index < -0.39 is 0 Å². The van der Waals surface area contributed by atoms with Crippen LogP contribution in [0.2, 0.25) is 0 Å². The highest BCUT2D eigenvalue weighted by atomic mass is 35.5. The maximum atomic E-state index is 6.19. The van der Waals surface area contributed by atoms with Crippen molar-refractivity contribution < 1.29 is 0 Å². The Hall–Kier alpha value is -0.630. The number of alkyl halides is 1. The van der Waals surface area contributed by atoms with Crippen LogP contribution in [0.3, 0.4) is 0 Å². The van der Waals surface area contributed by atoms with Crippen molar-refractivity contribution in [2.45, 2.75) is 39.0 Å². The summed E-state index contributed by atoms with van der Waals surface area (Å²) in [4.78, 5) is 8.37. The van der Waals surface area contributed by atoms with Gasteiger partial charge in [-0.2, -0.15) is 0 Å². The standard InChI is InChI=1S/C11H17ClN2/c1-4-9-5-10(14-7-13-9)6-11(12)8(2)3/h5,7-8,11H,4,6H2,1-3H3. The topological polar surface area (TPSA) is 25.8 Å². The van der Waals surface area contributed by atoms with Gasteiger partial charge < -0.3 is 0 Å². The number of nitrogens with zero attached hydrogens (tertiary/aromatic N) is 2.